The van der Waals surface area contributed by atoms with Crippen LogP contribution < -0.4 is 10.7 Å². The van der Waals surface area contributed by atoms with Crippen molar-refractivity contribution in [3.63, 3.8) is 0 Å². The molecular formula is C24H21F2N3O5. The average Bonchev–Trinajstić information content (AvgIpc) is 3.67. The molecule has 7 atom stereocenters. The molecule has 8 nitrogen and oxygen atoms in total. The Morgan fingerprint density at radius 2 is 2.12 bits per heavy atom. The van der Waals surface area contributed by atoms with E-state index in [1.54, 1.807) is 4.90 Å². The van der Waals surface area contributed by atoms with Crippen molar-refractivity contribution in [1.82, 2.24) is 14.8 Å². The van der Waals surface area contributed by atoms with Crippen LogP contribution in [0.4, 0.5) is 8.78 Å². The summed E-state index contributed by atoms with van der Waals surface area (Å²) in [7, 11) is 0. The highest BCUT2D eigenvalue weighted by Crippen LogP contribution is 2.81. The molecule has 1 spiro atoms. The number of ether oxygens (including phenoxy) is 1. The predicted octanol–water partition coefficient (Wildman–Crippen LogP) is 1.91. The summed E-state index contributed by atoms with van der Waals surface area (Å²) in [6, 6.07) is 2.21. The standard InChI is InChI=1S/C24H21F2N3O5/c1-9(11-3-2-10(25)4-15(11)26)27-22(32)13-7-28-8-17-29(23(33)18(28)20(31)19(13)30)21-12-5-14(12)24(21)6-16(24)34-17/h2-4,7,9,12,14,16-17,21,31H,5-6,8H2,1H3,(H,27,32)/t9-,12?,14?,16?,17?,21+,24?/m1/s1. The van der Waals surface area contributed by atoms with Crippen LogP contribution in [-0.2, 0) is 11.3 Å². The molecule has 1 aromatic carbocycles. The molecule has 3 saturated carbocycles. The summed E-state index contributed by atoms with van der Waals surface area (Å²) >= 11 is 0. The van der Waals surface area contributed by atoms with E-state index in [-0.39, 0.29) is 40.9 Å². The van der Waals surface area contributed by atoms with E-state index in [1.165, 1.54) is 23.8 Å². The number of benzene rings is 1. The van der Waals surface area contributed by atoms with Crippen LogP contribution >= 0.6 is 0 Å². The average molecular weight is 469 g/mol. The quantitative estimate of drug-likeness (QED) is 0.716. The molecule has 2 aromatic rings. The van der Waals surface area contributed by atoms with Gasteiger partial charge in [-0.3, -0.25) is 14.4 Å². The van der Waals surface area contributed by atoms with Gasteiger partial charge in [-0.1, -0.05) is 6.07 Å². The zero-order chi connectivity index (χ0) is 23.7. The number of carbonyl (C=O) groups excluding carboxylic acids is 2. The maximum Gasteiger partial charge on any atom is 0.276 e. The summed E-state index contributed by atoms with van der Waals surface area (Å²) in [4.78, 5) is 40.9. The number of hydrogen-bond acceptors (Lipinski definition) is 5. The van der Waals surface area contributed by atoms with E-state index in [1.807, 2.05) is 0 Å². The molecule has 1 aromatic heterocycles. The van der Waals surface area contributed by atoms with Gasteiger partial charge in [-0.15, -0.1) is 0 Å². The minimum atomic E-state index is -0.975. The highest BCUT2D eigenvalue weighted by atomic mass is 19.1. The number of aromatic hydroxyl groups is 1. The first-order chi connectivity index (χ1) is 16.2. The van der Waals surface area contributed by atoms with Crippen LogP contribution in [0.1, 0.15) is 52.2 Å². The predicted molar refractivity (Wildman–Crippen MR) is 112 cm³/mol. The molecule has 2 aliphatic heterocycles. The molecule has 2 amide bonds. The topological polar surface area (TPSA) is 101 Å². The molecule has 2 N–H and O–H groups in total. The SMILES string of the molecule is C[C@@H](NC(=O)c1cn2c(c(O)c1=O)C(=O)N1C(C2)OC2CC23C2CC2[C@H]13)c1ccc(F)cc1F. The third-order valence-electron chi connectivity index (χ3n) is 8.46. The van der Waals surface area contributed by atoms with E-state index in [0.29, 0.717) is 17.9 Å². The first-order valence-electron chi connectivity index (χ1n) is 11.4. The van der Waals surface area contributed by atoms with Gasteiger partial charge in [-0.2, -0.15) is 0 Å². The minimum Gasteiger partial charge on any atom is -0.503 e. The molecule has 7 rings (SSSR count). The van der Waals surface area contributed by atoms with Gasteiger partial charge in [0.05, 0.1) is 18.7 Å². The normalized spacial score (nSPS) is 34.5. The van der Waals surface area contributed by atoms with Gasteiger partial charge in [-0.05, 0) is 37.7 Å². The van der Waals surface area contributed by atoms with Gasteiger partial charge in [0.15, 0.2) is 17.7 Å². The van der Waals surface area contributed by atoms with Crippen molar-refractivity contribution in [2.45, 2.75) is 50.7 Å². The van der Waals surface area contributed by atoms with Gasteiger partial charge in [-0.25, -0.2) is 8.78 Å². The maximum atomic E-state index is 14.1. The number of pyridine rings is 1. The summed E-state index contributed by atoms with van der Waals surface area (Å²) in [6.45, 7) is 1.69. The van der Waals surface area contributed by atoms with E-state index in [2.05, 4.69) is 5.32 Å². The molecule has 1 saturated heterocycles. The molecule has 4 fully saturated rings. The van der Waals surface area contributed by atoms with Crippen LogP contribution in [0, 0.1) is 28.9 Å². The Labute approximate surface area is 192 Å². The number of amides is 2. The fourth-order valence-corrected chi connectivity index (χ4v) is 6.78. The zero-order valence-corrected chi connectivity index (χ0v) is 18.1. The highest BCUT2D eigenvalue weighted by Gasteiger charge is 2.85. The van der Waals surface area contributed by atoms with Crippen molar-refractivity contribution >= 4 is 11.8 Å². The summed E-state index contributed by atoms with van der Waals surface area (Å²) in [5.41, 5.74) is -1.39. The highest BCUT2D eigenvalue weighted by molar-refractivity contribution is 5.99. The Balaban J connectivity index is 1.20. The first-order valence-corrected chi connectivity index (χ1v) is 11.4. The van der Waals surface area contributed by atoms with E-state index < -0.39 is 46.9 Å². The molecule has 0 bridgehead atoms. The Morgan fingerprint density at radius 3 is 2.88 bits per heavy atom. The Hall–Kier alpha value is -3.27. The first kappa shape index (κ1) is 20.1. The van der Waals surface area contributed by atoms with Crippen molar-refractivity contribution in [2.24, 2.45) is 17.3 Å². The molecule has 34 heavy (non-hydrogen) atoms. The Morgan fingerprint density at radius 1 is 1.32 bits per heavy atom. The lowest BCUT2D eigenvalue weighted by atomic mass is 9.73. The number of nitrogens with one attached hydrogen (secondary N) is 1. The summed E-state index contributed by atoms with van der Waals surface area (Å²) in [5.74, 6) is -2.57. The van der Waals surface area contributed by atoms with Gasteiger partial charge in [0.2, 0.25) is 5.43 Å². The van der Waals surface area contributed by atoms with Crippen molar-refractivity contribution < 1.29 is 28.2 Å². The summed E-state index contributed by atoms with van der Waals surface area (Å²) in [5, 5.41) is 13.2. The fraction of sp³-hybridized carbons (Fsp3) is 0.458. The number of aromatic nitrogens is 1. The Kier molecular flexibility index (Phi) is 3.69. The molecule has 3 heterocycles. The monoisotopic (exact) mass is 469 g/mol. The number of halogens is 2. The number of rotatable bonds is 3. The van der Waals surface area contributed by atoms with Crippen molar-refractivity contribution in [2.75, 3.05) is 0 Å². The lowest BCUT2D eigenvalue weighted by Gasteiger charge is -2.53. The second kappa shape index (κ2) is 6.24. The van der Waals surface area contributed by atoms with Crippen molar-refractivity contribution in [1.29, 1.82) is 0 Å². The molecule has 3 aliphatic carbocycles. The smallest absolute Gasteiger partial charge is 0.276 e. The molecular weight excluding hydrogens is 448 g/mol. The molecule has 0 radical (unpaired) electrons. The van der Waals surface area contributed by atoms with Crippen LogP contribution in [0.25, 0.3) is 0 Å². The fourth-order valence-electron chi connectivity index (χ4n) is 6.78. The third kappa shape index (κ3) is 2.36. The minimum absolute atomic E-state index is 0.0465. The van der Waals surface area contributed by atoms with E-state index in [0.717, 1.165) is 18.9 Å². The second-order valence-corrected chi connectivity index (χ2v) is 10.1. The maximum absolute atomic E-state index is 14.1. The zero-order valence-electron chi connectivity index (χ0n) is 18.1. The van der Waals surface area contributed by atoms with Crippen LogP contribution in [0.5, 0.6) is 5.75 Å². The van der Waals surface area contributed by atoms with Crippen LogP contribution in [0.2, 0.25) is 0 Å². The van der Waals surface area contributed by atoms with Crippen LogP contribution in [0.3, 0.4) is 0 Å². The second-order valence-electron chi connectivity index (χ2n) is 10.1. The van der Waals surface area contributed by atoms with Gasteiger partial charge in [0.25, 0.3) is 11.8 Å². The van der Waals surface area contributed by atoms with Crippen LogP contribution in [-0.4, -0.2) is 44.8 Å². The van der Waals surface area contributed by atoms with Gasteiger partial charge < -0.3 is 24.6 Å². The number of carbonyl (C=O) groups is 2. The third-order valence-corrected chi connectivity index (χ3v) is 8.46. The van der Waals surface area contributed by atoms with E-state index in [4.69, 9.17) is 4.74 Å². The summed E-state index contributed by atoms with van der Waals surface area (Å²) in [6.07, 6.45) is 2.89. The molecule has 5 aliphatic rings. The van der Waals surface area contributed by atoms with E-state index >= 15 is 0 Å². The number of fused-ring (bicyclic) bond motifs is 5. The van der Waals surface area contributed by atoms with Gasteiger partial charge in [0.1, 0.15) is 17.2 Å². The Bertz CT molecular complexity index is 1380. The van der Waals surface area contributed by atoms with Crippen molar-refractivity contribution in [3.05, 3.63) is 63.1 Å². The van der Waals surface area contributed by atoms with Gasteiger partial charge >= 0.3 is 0 Å². The largest absolute Gasteiger partial charge is 0.503 e. The lowest BCUT2D eigenvalue weighted by Crippen LogP contribution is -2.65. The molecule has 176 valence electrons. The lowest BCUT2D eigenvalue weighted by molar-refractivity contribution is -0.174. The number of nitrogens with zero attached hydrogens (tertiary/aromatic N) is 2. The number of hydrogen-bond donors (Lipinski definition) is 2. The molecule has 10 heteroatoms. The van der Waals surface area contributed by atoms with Crippen molar-refractivity contribution in [3.8, 4) is 5.75 Å². The van der Waals surface area contributed by atoms with E-state index in [9.17, 15) is 28.3 Å². The van der Waals surface area contributed by atoms with Crippen LogP contribution in [0.15, 0.2) is 29.2 Å². The molecule has 5 unspecified atom stereocenters. The summed E-state index contributed by atoms with van der Waals surface area (Å²) < 4.78 is 34.9. The van der Waals surface area contributed by atoms with Gasteiger partial charge in [0, 0.05) is 29.3 Å².